The molecule has 0 aliphatic heterocycles. The standard InChI is InChI=1S/C45H61ClN2O6/c1-25(2)35-30(49)23-45(38-48-47-37(54-38)26(3)27-11-13-28(46)14-12-27)22-21-43(9)29(36(35)45)15-16-32-42(8)19-18-33(53-34(50)24-40(4,5)39(51)52)41(6,7)31(42)17-20-44(32,43)10/h11-14,25-26,29,31-33H,15-24H2,1-10H3,(H,51,52)/t26-,29-,31-,32?,33?,42+,43-,44-,45-/m1/s1. The number of ether oxygens (including phenoxy) is 1. The Morgan fingerprint density at radius 3 is 2.26 bits per heavy atom. The maximum absolute atomic E-state index is 14.2. The van der Waals surface area contributed by atoms with E-state index in [4.69, 9.17) is 25.9 Å². The molecule has 1 aromatic heterocycles. The first-order valence-electron chi connectivity index (χ1n) is 20.4. The van der Waals surface area contributed by atoms with Gasteiger partial charge in [0.2, 0.25) is 11.8 Å². The second-order valence-electron chi connectivity index (χ2n) is 20.2. The highest BCUT2D eigenvalue weighted by atomic mass is 35.5. The summed E-state index contributed by atoms with van der Waals surface area (Å²) in [7, 11) is 0. The summed E-state index contributed by atoms with van der Waals surface area (Å²) in [5.74, 6) is 1.07. The highest BCUT2D eigenvalue weighted by Gasteiger charge is 2.71. The molecule has 9 heteroatoms. The van der Waals surface area contributed by atoms with E-state index < -0.39 is 22.8 Å². The molecule has 0 saturated heterocycles. The minimum atomic E-state index is -1.17. The number of carboxylic acid groups (broad SMARTS) is 1. The highest BCUT2D eigenvalue weighted by Crippen LogP contribution is 2.76. The summed E-state index contributed by atoms with van der Waals surface area (Å²) in [6, 6.07) is 7.77. The molecule has 5 aliphatic rings. The van der Waals surface area contributed by atoms with Gasteiger partial charge in [-0.1, -0.05) is 72.2 Å². The van der Waals surface area contributed by atoms with Crippen LogP contribution in [-0.2, 0) is 24.5 Å². The number of esters is 1. The monoisotopic (exact) mass is 760 g/mol. The SMILES string of the molecule is CC(C)C1=C2[C@H]3CCC4[C@@]5(C)CCC(OC(=O)CC(C)(C)C(=O)O)C(C)(C)[C@H]5CC[C@@]4(C)[C@]3(C)CC[C@@]2(c2nnc([C@H](C)c3ccc(Cl)cc3)o2)CC1=O. The van der Waals surface area contributed by atoms with Crippen LogP contribution in [0.15, 0.2) is 39.8 Å². The Labute approximate surface area is 326 Å². The smallest absolute Gasteiger partial charge is 0.309 e. The predicted octanol–water partition coefficient (Wildman–Crippen LogP) is 10.5. The first-order chi connectivity index (χ1) is 25.1. The van der Waals surface area contributed by atoms with E-state index in [2.05, 4.69) is 60.5 Å². The van der Waals surface area contributed by atoms with Gasteiger partial charge in [0.25, 0.3) is 0 Å². The number of hydrogen-bond acceptors (Lipinski definition) is 7. The quantitative estimate of drug-likeness (QED) is 0.264. The lowest BCUT2D eigenvalue weighted by molar-refractivity contribution is -0.232. The third-order valence-corrected chi connectivity index (χ3v) is 16.7. The van der Waals surface area contributed by atoms with Gasteiger partial charge in [-0.05, 0) is 141 Å². The third-order valence-electron chi connectivity index (χ3n) is 16.4. The van der Waals surface area contributed by atoms with Crippen LogP contribution < -0.4 is 0 Å². The van der Waals surface area contributed by atoms with Crippen molar-refractivity contribution < 1.29 is 28.6 Å². The number of hydrogen-bond donors (Lipinski definition) is 1. The number of halogens is 1. The summed E-state index contributed by atoms with van der Waals surface area (Å²) >= 11 is 6.18. The van der Waals surface area contributed by atoms with Gasteiger partial charge in [0, 0.05) is 16.9 Å². The number of aromatic nitrogens is 2. The van der Waals surface area contributed by atoms with Crippen LogP contribution in [0.25, 0.3) is 0 Å². The number of fused-ring (bicyclic) bond motifs is 7. The van der Waals surface area contributed by atoms with Crippen LogP contribution in [0.4, 0.5) is 0 Å². The molecule has 9 atom stereocenters. The lowest BCUT2D eigenvalue weighted by Crippen LogP contribution is -2.66. The van der Waals surface area contributed by atoms with Crippen molar-refractivity contribution in [2.75, 3.05) is 0 Å². The molecular formula is C45H61ClN2O6. The molecule has 0 radical (unpaired) electrons. The molecule has 1 heterocycles. The van der Waals surface area contributed by atoms with E-state index in [0.717, 1.165) is 62.5 Å². The molecule has 1 aromatic carbocycles. The molecule has 4 fully saturated rings. The number of nitrogens with zero attached hydrogens (tertiary/aromatic N) is 2. The van der Waals surface area contributed by atoms with Gasteiger partial charge in [0.1, 0.15) is 6.10 Å². The van der Waals surface area contributed by atoms with Crippen molar-refractivity contribution in [2.45, 2.75) is 151 Å². The van der Waals surface area contributed by atoms with E-state index in [9.17, 15) is 19.5 Å². The minimum absolute atomic E-state index is 0.0250. The molecule has 4 saturated carbocycles. The molecular weight excluding hydrogens is 700 g/mol. The summed E-state index contributed by atoms with van der Waals surface area (Å²) in [4.78, 5) is 39.1. The summed E-state index contributed by atoms with van der Waals surface area (Å²) in [5.41, 5.74) is 1.42. The normalized spacial score (nSPS) is 36.6. The van der Waals surface area contributed by atoms with Crippen LogP contribution in [0, 0.1) is 50.7 Å². The fourth-order valence-corrected chi connectivity index (χ4v) is 13.3. The van der Waals surface area contributed by atoms with Gasteiger partial charge in [-0.25, -0.2) is 0 Å². The van der Waals surface area contributed by atoms with E-state index in [-0.39, 0.29) is 57.7 Å². The van der Waals surface area contributed by atoms with Gasteiger partial charge in [0.15, 0.2) is 5.78 Å². The van der Waals surface area contributed by atoms with Gasteiger partial charge >= 0.3 is 11.9 Å². The number of allylic oxidation sites excluding steroid dienone is 2. The fourth-order valence-electron chi connectivity index (χ4n) is 13.2. The average Bonchev–Trinajstić information content (AvgIpc) is 3.70. The van der Waals surface area contributed by atoms with Gasteiger partial charge in [-0.2, -0.15) is 0 Å². The molecule has 5 aliphatic carbocycles. The number of carboxylic acids is 1. The number of Topliss-reactive ketones (excluding diaryl/α,β-unsaturated/α-hetero) is 1. The topological polar surface area (TPSA) is 120 Å². The molecule has 0 spiro atoms. The van der Waals surface area contributed by atoms with Crippen molar-refractivity contribution in [2.24, 2.45) is 50.7 Å². The Morgan fingerprint density at radius 1 is 0.926 bits per heavy atom. The summed E-state index contributed by atoms with van der Waals surface area (Å²) in [5, 5.41) is 19.7. The highest BCUT2D eigenvalue weighted by molar-refractivity contribution is 6.30. The third kappa shape index (κ3) is 5.68. The maximum atomic E-state index is 14.2. The van der Waals surface area contributed by atoms with E-state index in [1.54, 1.807) is 13.8 Å². The first-order valence-corrected chi connectivity index (χ1v) is 20.8. The first kappa shape index (κ1) is 39.2. The maximum Gasteiger partial charge on any atom is 0.309 e. The molecule has 7 rings (SSSR count). The van der Waals surface area contributed by atoms with Crippen molar-refractivity contribution in [3.63, 3.8) is 0 Å². The van der Waals surface area contributed by atoms with Crippen molar-refractivity contribution in [1.82, 2.24) is 10.2 Å². The lowest BCUT2D eigenvalue weighted by atomic mass is 9.33. The van der Waals surface area contributed by atoms with Crippen LogP contribution in [0.5, 0.6) is 0 Å². The Bertz CT molecular complexity index is 1880. The molecule has 294 valence electrons. The van der Waals surface area contributed by atoms with Crippen LogP contribution >= 0.6 is 11.6 Å². The van der Waals surface area contributed by atoms with Gasteiger partial charge in [0.05, 0.1) is 23.2 Å². The molecule has 0 bridgehead atoms. The van der Waals surface area contributed by atoms with Crippen LogP contribution in [0.2, 0.25) is 5.02 Å². The Kier molecular flexibility index (Phi) is 9.47. The number of rotatable bonds is 8. The zero-order chi connectivity index (χ0) is 39.4. The fraction of sp³-hybridized carbons (Fsp3) is 0.711. The van der Waals surface area contributed by atoms with Gasteiger partial charge < -0.3 is 14.3 Å². The van der Waals surface area contributed by atoms with Gasteiger partial charge in [-0.3, -0.25) is 14.4 Å². The summed E-state index contributed by atoms with van der Waals surface area (Å²) < 4.78 is 12.9. The van der Waals surface area contributed by atoms with Crippen LogP contribution in [0.1, 0.15) is 157 Å². The van der Waals surface area contributed by atoms with Crippen molar-refractivity contribution >= 4 is 29.3 Å². The number of ketones is 1. The van der Waals surface area contributed by atoms with E-state index in [1.165, 1.54) is 5.57 Å². The second kappa shape index (κ2) is 13.0. The second-order valence-corrected chi connectivity index (χ2v) is 20.6. The Balaban J connectivity index is 1.20. The average molecular weight is 761 g/mol. The zero-order valence-corrected chi connectivity index (χ0v) is 34.9. The Morgan fingerprint density at radius 2 is 1.61 bits per heavy atom. The van der Waals surface area contributed by atoms with Crippen molar-refractivity contribution in [3.05, 3.63) is 57.8 Å². The van der Waals surface area contributed by atoms with Crippen molar-refractivity contribution in [1.29, 1.82) is 0 Å². The molecule has 0 amide bonds. The summed E-state index contributed by atoms with van der Waals surface area (Å²) in [6.07, 6.45) is 7.79. The number of carbonyl (C=O) groups is 3. The predicted molar refractivity (Wildman–Crippen MR) is 208 cm³/mol. The summed E-state index contributed by atoms with van der Waals surface area (Å²) in [6.45, 7) is 21.7. The van der Waals surface area contributed by atoms with E-state index in [1.807, 2.05) is 24.3 Å². The molecule has 1 N–H and O–H groups in total. The van der Waals surface area contributed by atoms with Crippen molar-refractivity contribution in [3.8, 4) is 0 Å². The zero-order valence-electron chi connectivity index (χ0n) is 34.1. The lowest BCUT2D eigenvalue weighted by Gasteiger charge is -2.72. The Hall–Kier alpha value is -3.00. The number of aliphatic carboxylic acids is 1. The number of carbonyl (C=O) groups excluding carboxylic acids is 2. The minimum Gasteiger partial charge on any atom is -0.481 e. The van der Waals surface area contributed by atoms with Crippen LogP contribution in [0.3, 0.4) is 0 Å². The van der Waals surface area contributed by atoms with Crippen LogP contribution in [-0.4, -0.2) is 39.1 Å². The molecule has 2 aromatic rings. The molecule has 8 nitrogen and oxygen atoms in total. The van der Waals surface area contributed by atoms with E-state index in [0.29, 0.717) is 35.1 Å². The van der Waals surface area contributed by atoms with Gasteiger partial charge in [-0.15, -0.1) is 10.2 Å². The molecule has 54 heavy (non-hydrogen) atoms. The molecule has 2 unspecified atom stereocenters. The largest absolute Gasteiger partial charge is 0.481 e. The number of benzene rings is 1. The van der Waals surface area contributed by atoms with E-state index >= 15 is 0 Å².